The monoisotopic (exact) mass is 359 g/mol. The molecule has 132 valence electrons. The van der Waals surface area contributed by atoms with E-state index in [4.69, 9.17) is 0 Å². The van der Waals surface area contributed by atoms with Crippen molar-refractivity contribution in [2.75, 3.05) is 0 Å². The lowest BCUT2D eigenvalue weighted by molar-refractivity contribution is -0.123. The van der Waals surface area contributed by atoms with Crippen LogP contribution >= 0.6 is 11.3 Å². The van der Waals surface area contributed by atoms with Crippen molar-refractivity contribution in [1.29, 1.82) is 0 Å². The number of carbonyl (C=O) groups is 1. The van der Waals surface area contributed by atoms with Crippen LogP contribution in [0.5, 0.6) is 0 Å². The second kappa shape index (κ2) is 10.8. The fourth-order valence-corrected chi connectivity index (χ4v) is 4.57. The lowest BCUT2D eigenvalue weighted by Crippen LogP contribution is -2.35. The van der Waals surface area contributed by atoms with Gasteiger partial charge < -0.3 is 0 Å². The van der Waals surface area contributed by atoms with E-state index in [9.17, 15) is 13.2 Å². The first-order valence-electron chi connectivity index (χ1n) is 8.61. The van der Waals surface area contributed by atoms with Gasteiger partial charge in [-0.2, -0.15) is 0 Å². The first-order valence-corrected chi connectivity index (χ1v) is 11.0. The largest absolute Gasteiger partial charge is 0.274 e. The van der Waals surface area contributed by atoms with Gasteiger partial charge in [0.15, 0.2) is 0 Å². The van der Waals surface area contributed by atoms with E-state index in [-0.39, 0.29) is 16.0 Å². The highest BCUT2D eigenvalue weighted by Crippen LogP contribution is 2.20. The minimum Gasteiger partial charge on any atom is -0.274 e. The Morgan fingerprint density at radius 1 is 1.09 bits per heavy atom. The smallest absolute Gasteiger partial charge is 0.273 e. The fourth-order valence-electron chi connectivity index (χ4n) is 2.53. The lowest BCUT2D eigenvalue weighted by atomic mass is 9.94. The van der Waals surface area contributed by atoms with Gasteiger partial charge in [0.05, 0.1) is 0 Å². The van der Waals surface area contributed by atoms with Gasteiger partial charge in [-0.05, 0) is 24.3 Å². The minimum atomic E-state index is -3.71. The van der Waals surface area contributed by atoms with Gasteiger partial charge in [0.25, 0.3) is 10.0 Å². The van der Waals surface area contributed by atoms with Crippen LogP contribution in [0.15, 0.2) is 21.7 Å². The number of carbonyl (C=O) groups excluding carboxylic acids is 1. The van der Waals surface area contributed by atoms with Crippen molar-refractivity contribution in [1.82, 2.24) is 4.72 Å². The molecule has 0 saturated heterocycles. The maximum absolute atomic E-state index is 12.4. The van der Waals surface area contributed by atoms with Crippen molar-refractivity contribution in [3.8, 4) is 0 Å². The molecule has 0 aromatic carbocycles. The molecule has 0 aliphatic heterocycles. The summed E-state index contributed by atoms with van der Waals surface area (Å²) in [5, 5.41) is 1.70. The molecule has 1 heterocycles. The van der Waals surface area contributed by atoms with Gasteiger partial charge in [0, 0.05) is 5.92 Å². The summed E-state index contributed by atoms with van der Waals surface area (Å²) in [6, 6.07) is 3.19. The number of sulfonamides is 1. The van der Waals surface area contributed by atoms with Crippen LogP contribution in [0.1, 0.15) is 71.6 Å². The van der Waals surface area contributed by atoms with E-state index in [1.54, 1.807) is 11.4 Å². The van der Waals surface area contributed by atoms with Crippen LogP contribution < -0.4 is 4.72 Å². The fraction of sp³-hybridized carbons (Fsp3) is 0.706. The normalized spacial score (nSPS) is 13.0. The van der Waals surface area contributed by atoms with Gasteiger partial charge in [0.2, 0.25) is 5.91 Å². The second-order valence-corrected chi connectivity index (χ2v) is 8.80. The highest BCUT2D eigenvalue weighted by Gasteiger charge is 2.24. The molecule has 1 aromatic heterocycles. The molecule has 23 heavy (non-hydrogen) atoms. The number of hydrogen-bond donors (Lipinski definition) is 1. The average Bonchev–Trinajstić information content (AvgIpc) is 3.04. The zero-order valence-corrected chi connectivity index (χ0v) is 15.8. The summed E-state index contributed by atoms with van der Waals surface area (Å²) in [4.78, 5) is 12.4. The third-order valence-electron chi connectivity index (χ3n) is 3.93. The number of nitrogens with one attached hydrogen (secondary N) is 1. The maximum Gasteiger partial charge on any atom is 0.273 e. The number of hydrogen-bond acceptors (Lipinski definition) is 4. The Balaban J connectivity index is 2.57. The first kappa shape index (κ1) is 20.2. The maximum atomic E-state index is 12.4. The van der Waals surface area contributed by atoms with E-state index in [0.29, 0.717) is 0 Å². The Hall–Kier alpha value is -0.880. The summed E-state index contributed by atoms with van der Waals surface area (Å²) < 4.78 is 26.8. The highest BCUT2D eigenvalue weighted by molar-refractivity contribution is 7.92. The van der Waals surface area contributed by atoms with Crippen molar-refractivity contribution in [2.24, 2.45) is 5.92 Å². The van der Waals surface area contributed by atoms with Gasteiger partial charge in [0.1, 0.15) is 4.21 Å². The predicted octanol–water partition coefficient (Wildman–Crippen LogP) is 4.72. The van der Waals surface area contributed by atoms with E-state index in [1.807, 2.05) is 0 Å². The Bertz CT molecular complexity index is 538. The van der Waals surface area contributed by atoms with Gasteiger partial charge in [-0.3, -0.25) is 4.79 Å². The van der Waals surface area contributed by atoms with Gasteiger partial charge >= 0.3 is 0 Å². The molecular weight excluding hydrogens is 330 g/mol. The topological polar surface area (TPSA) is 63.2 Å². The van der Waals surface area contributed by atoms with E-state index in [0.717, 1.165) is 49.9 Å². The van der Waals surface area contributed by atoms with Crippen molar-refractivity contribution in [3.05, 3.63) is 17.5 Å². The summed E-state index contributed by atoms with van der Waals surface area (Å²) in [6.07, 6.45) is 9.20. The quantitative estimate of drug-likeness (QED) is 0.549. The molecule has 0 fully saturated rings. The molecule has 0 spiro atoms. The molecule has 1 atom stereocenters. The van der Waals surface area contributed by atoms with Crippen LogP contribution in [-0.4, -0.2) is 14.3 Å². The summed E-state index contributed by atoms with van der Waals surface area (Å²) in [5.74, 6) is -0.548. The Morgan fingerprint density at radius 2 is 1.74 bits per heavy atom. The lowest BCUT2D eigenvalue weighted by Gasteiger charge is -2.16. The molecule has 0 bridgehead atoms. The van der Waals surface area contributed by atoms with Crippen LogP contribution in [0.4, 0.5) is 0 Å². The Labute approximate surface area is 144 Å². The van der Waals surface area contributed by atoms with E-state index in [2.05, 4.69) is 18.6 Å². The average molecular weight is 360 g/mol. The highest BCUT2D eigenvalue weighted by atomic mass is 32.2. The van der Waals surface area contributed by atoms with Gasteiger partial charge in [-0.15, -0.1) is 11.3 Å². The van der Waals surface area contributed by atoms with Gasteiger partial charge in [-0.1, -0.05) is 64.9 Å². The molecule has 1 amide bonds. The SMILES string of the molecule is CCCCCCCC(CCCC)C(=O)NS(=O)(=O)c1cccs1. The second-order valence-electron chi connectivity index (χ2n) is 5.94. The number of unbranched alkanes of at least 4 members (excludes halogenated alkanes) is 5. The first-order chi connectivity index (χ1) is 11.0. The molecule has 1 unspecified atom stereocenters. The minimum absolute atomic E-state index is 0.197. The van der Waals surface area contributed by atoms with Crippen molar-refractivity contribution in [2.45, 2.75) is 75.8 Å². The Kier molecular flexibility index (Phi) is 9.48. The van der Waals surface area contributed by atoms with Crippen molar-refractivity contribution >= 4 is 27.3 Å². The predicted molar refractivity (Wildman–Crippen MR) is 96.0 cm³/mol. The number of rotatable bonds is 12. The van der Waals surface area contributed by atoms with E-state index >= 15 is 0 Å². The molecule has 6 heteroatoms. The van der Waals surface area contributed by atoms with Crippen LogP contribution in [0.2, 0.25) is 0 Å². The summed E-state index contributed by atoms with van der Waals surface area (Å²) in [6.45, 7) is 4.26. The van der Waals surface area contributed by atoms with Gasteiger partial charge in [-0.25, -0.2) is 13.1 Å². The van der Waals surface area contributed by atoms with Crippen LogP contribution in [0.3, 0.4) is 0 Å². The van der Waals surface area contributed by atoms with Crippen LogP contribution in [0, 0.1) is 5.92 Å². The third kappa shape index (κ3) is 7.48. The van der Waals surface area contributed by atoms with Crippen molar-refractivity contribution < 1.29 is 13.2 Å². The molecule has 0 aliphatic rings. The molecule has 4 nitrogen and oxygen atoms in total. The number of amides is 1. The molecule has 0 saturated carbocycles. The van der Waals surface area contributed by atoms with Crippen LogP contribution in [0.25, 0.3) is 0 Å². The molecule has 0 aliphatic carbocycles. The summed E-state index contributed by atoms with van der Waals surface area (Å²) >= 11 is 1.13. The Morgan fingerprint density at radius 3 is 2.35 bits per heavy atom. The third-order valence-corrected chi connectivity index (χ3v) is 6.67. The molecule has 1 rings (SSSR count). The van der Waals surface area contributed by atoms with E-state index < -0.39 is 10.0 Å². The number of thiophene rings is 1. The zero-order valence-electron chi connectivity index (χ0n) is 14.2. The molecule has 1 aromatic rings. The van der Waals surface area contributed by atoms with E-state index in [1.165, 1.54) is 25.3 Å². The van der Waals surface area contributed by atoms with Crippen LogP contribution in [-0.2, 0) is 14.8 Å². The standard InChI is InChI=1S/C17H29NO3S2/c1-3-5-7-8-9-12-15(11-6-4-2)17(19)18-23(20,21)16-13-10-14-22-16/h10,13-15H,3-9,11-12H2,1-2H3,(H,18,19). The van der Waals surface area contributed by atoms with Crippen molar-refractivity contribution in [3.63, 3.8) is 0 Å². The molecular formula is C17H29NO3S2. The summed E-state index contributed by atoms with van der Waals surface area (Å²) in [7, 11) is -3.71. The zero-order chi connectivity index (χ0) is 17.1. The molecule has 0 radical (unpaired) electrons. The molecule has 1 N–H and O–H groups in total. The summed E-state index contributed by atoms with van der Waals surface area (Å²) in [5.41, 5.74) is 0.